The number of nitrogens with one attached hydrogen (secondary N) is 2. The quantitative estimate of drug-likeness (QED) is 0.669. The molecule has 1 aromatic rings. The van der Waals surface area contributed by atoms with Crippen molar-refractivity contribution in [3.8, 4) is 0 Å². The van der Waals surface area contributed by atoms with E-state index >= 15 is 0 Å². The molecule has 6 nitrogen and oxygen atoms in total. The minimum Gasteiger partial charge on any atom is -0.388 e. The topological polar surface area (TPSA) is 87.4 Å². The van der Waals surface area contributed by atoms with Gasteiger partial charge in [-0.25, -0.2) is 0 Å². The van der Waals surface area contributed by atoms with Crippen LogP contribution >= 0.6 is 0 Å². The highest BCUT2D eigenvalue weighted by Crippen LogP contribution is 2.25. The molecule has 1 heterocycles. The predicted octanol–water partition coefficient (Wildman–Crippen LogP) is 1.31. The average Bonchev–Trinajstić information content (AvgIpc) is 2.93. The molecule has 0 fully saturated rings. The number of nitrogens with zero attached hydrogens (tertiary/aromatic N) is 1. The summed E-state index contributed by atoms with van der Waals surface area (Å²) in [6, 6.07) is 1.75. The van der Waals surface area contributed by atoms with Gasteiger partial charge in [-0.1, -0.05) is 25.9 Å². The van der Waals surface area contributed by atoms with Crippen LogP contribution in [0, 0.1) is 5.41 Å². The zero-order valence-corrected chi connectivity index (χ0v) is 12.7. The van der Waals surface area contributed by atoms with Gasteiger partial charge in [0.25, 0.3) is 5.91 Å². The van der Waals surface area contributed by atoms with Gasteiger partial charge in [0.15, 0.2) is 11.5 Å². The van der Waals surface area contributed by atoms with E-state index in [2.05, 4.69) is 43.5 Å². The second-order valence-electron chi connectivity index (χ2n) is 5.31. The van der Waals surface area contributed by atoms with E-state index in [1.165, 1.54) is 6.07 Å². The van der Waals surface area contributed by atoms with Crippen molar-refractivity contribution < 1.29 is 14.4 Å². The van der Waals surface area contributed by atoms with Crippen molar-refractivity contribution >= 4 is 5.91 Å². The van der Waals surface area contributed by atoms with E-state index in [0.717, 1.165) is 13.0 Å². The van der Waals surface area contributed by atoms with Crippen molar-refractivity contribution in [3.05, 3.63) is 17.5 Å². The summed E-state index contributed by atoms with van der Waals surface area (Å²) in [7, 11) is 0. The molecule has 0 aromatic carbocycles. The molecule has 1 aromatic heterocycles. The highest BCUT2D eigenvalue weighted by Gasteiger charge is 2.29. The third-order valence-corrected chi connectivity index (χ3v) is 3.96. The maximum Gasteiger partial charge on any atom is 0.273 e. The Kier molecular flexibility index (Phi) is 6.16. The monoisotopic (exact) mass is 283 g/mol. The highest BCUT2D eigenvalue weighted by atomic mass is 16.5. The first-order valence-electron chi connectivity index (χ1n) is 7.04. The SMILES string of the molecule is CCNC(C)C(C)(CC)CNC(=O)c1cc(CO)on1. The Labute approximate surface area is 119 Å². The smallest absolute Gasteiger partial charge is 0.273 e. The number of hydrogen-bond acceptors (Lipinski definition) is 5. The molecule has 2 atom stereocenters. The van der Waals surface area contributed by atoms with Crippen LogP contribution in [0.4, 0.5) is 0 Å². The van der Waals surface area contributed by atoms with E-state index in [0.29, 0.717) is 12.6 Å². The molecule has 0 saturated heterocycles. The van der Waals surface area contributed by atoms with Gasteiger partial charge in [-0.3, -0.25) is 4.79 Å². The summed E-state index contributed by atoms with van der Waals surface area (Å²) < 4.78 is 4.81. The maximum atomic E-state index is 12.0. The molecule has 2 unspecified atom stereocenters. The fourth-order valence-corrected chi connectivity index (χ4v) is 2.00. The van der Waals surface area contributed by atoms with E-state index in [-0.39, 0.29) is 29.4 Å². The molecule has 0 saturated carbocycles. The molecular weight excluding hydrogens is 258 g/mol. The highest BCUT2D eigenvalue weighted by molar-refractivity contribution is 5.92. The molecule has 114 valence electrons. The van der Waals surface area contributed by atoms with Crippen molar-refractivity contribution in [2.24, 2.45) is 5.41 Å². The zero-order valence-electron chi connectivity index (χ0n) is 12.7. The lowest BCUT2D eigenvalue weighted by Crippen LogP contribution is -2.48. The third-order valence-electron chi connectivity index (χ3n) is 3.96. The maximum absolute atomic E-state index is 12.0. The molecule has 1 rings (SSSR count). The molecule has 0 bridgehead atoms. The number of amides is 1. The Morgan fingerprint density at radius 2 is 2.25 bits per heavy atom. The van der Waals surface area contributed by atoms with Crippen LogP contribution < -0.4 is 10.6 Å². The number of aliphatic hydroxyl groups excluding tert-OH is 1. The average molecular weight is 283 g/mol. The van der Waals surface area contributed by atoms with Crippen LogP contribution in [0.1, 0.15) is 50.4 Å². The number of aromatic nitrogens is 1. The molecule has 0 spiro atoms. The minimum atomic E-state index is -0.281. The predicted molar refractivity (Wildman–Crippen MR) is 76.3 cm³/mol. The summed E-state index contributed by atoms with van der Waals surface area (Å²) in [6.07, 6.45) is 0.947. The Morgan fingerprint density at radius 3 is 2.75 bits per heavy atom. The first-order chi connectivity index (χ1) is 9.46. The summed E-state index contributed by atoms with van der Waals surface area (Å²) in [6.45, 7) is 9.63. The van der Waals surface area contributed by atoms with Gasteiger partial charge >= 0.3 is 0 Å². The van der Waals surface area contributed by atoms with Crippen LogP contribution in [-0.4, -0.2) is 35.3 Å². The molecule has 0 radical (unpaired) electrons. The van der Waals surface area contributed by atoms with Gasteiger partial charge in [0.2, 0.25) is 0 Å². The second kappa shape index (κ2) is 7.40. The second-order valence-corrected chi connectivity index (χ2v) is 5.31. The van der Waals surface area contributed by atoms with Gasteiger partial charge in [-0.15, -0.1) is 0 Å². The van der Waals surface area contributed by atoms with Crippen molar-refractivity contribution in [1.82, 2.24) is 15.8 Å². The lowest BCUT2D eigenvalue weighted by atomic mass is 9.80. The van der Waals surface area contributed by atoms with Crippen molar-refractivity contribution in [2.75, 3.05) is 13.1 Å². The van der Waals surface area contributed by atoms with Crippen molar-refractivity contribution in [2.45, 2.75) is 46.8 Å². The van der Waals surface area contributed by atoms with Crippen LogP contribution in [0.15, 0.2) is 10.6 Å². The van der Waals surface area contributed by atoms with Crippen molar-refractivity contribution in [1.29, 1.82) is 0 Å². The summed E-state index contributed by atoms with van der Waals surface area (Å²) in [5, 5.41) is 18.8. The Hall–Kier alpha value is -1.40. The van der Waals surface area contributed by atoms with E-state index in [1.54, 1.807) is 0 Å². The van der Waals surface area contributed by atoms with Crippen LogP contribution in [0.25, 0.3) is 0 Å². The number of carbonyl (C=O) groups is 1. The van der Waals surface area contributed by atoms with Gasteiger partial charge in [0.1, 0.15) is 6.61 Å². The van der Waals surface area contributed by atoms with Gasteiger partial charge in [0.05, 0.1) is 0 Å². The van der Waals surface area contributed by atoms with E-state index < -0.39 is 0 Å². The number of hydrogen-bond donors (Lipinski definition) is 3. The Balaban J connectivity index is 2.61. The number of aliphatic hydroxyl groups is 1. The zero-order chi connectivity index (χ0) is 15.2. The molecular formula is C14H25N3O3. The fraction of sp³-hybridized carbons (Fsp3) is 0.714. The molecule has 1 amide bonds. The first-order valence-corrected chi connectivity index (χ1v) is 7.04. The molecule has 3 N–H and O–H groups in total. The number of rotatable bonds is 8. The summed E-state index contributed by atoms with van der Waals surface area (Å²) in [4.78, 5) is 12.0. The minimum absolute atomic E-state index is 0.0325. The standard InChI is InChI=1S/C14H25N3O3/c1-5-14(4,10(3)15-6-2)9-16-13(19)12-7-11(8-18)20-17-12/h7,10,15,18H,5-6,8-9H2,1-4H3,(H,16,19). The molecule has 20 heavy (non-hydrogen) atoms. The van der Waals surface area contributed by atoms with E-state index in [4.69, 9.17) is 9.63 Å². The summed E-state index contributed by atoms with van der Waals surface area (Å²) in [5.74, 6) is 0.00578. The van der Waals surface area contributed by atoms with Gasteiger partial charge < -0.3 is 20.3 Å². The Bertz CT molecular complexity index is 433. The molecule has 0 aliphatic carbocycles. The van der Waals surface area contributed by atoms with Gasteiger partial charge in [-0.2, -0.15) is 0 Å². The van der Waals surface area contributed by atoms with Gasteiger partial charge in [-0.05, 0) is 25.3 Å². The lowest BCUT2D eigenvalue weighted by Gasteiger charge is -2.35. The largest absolute Gasteiger partial charge is 0.388 e. The molecule has 6 heteroatoms. The van der Waals surface area contributed by atoms with Crippen LogP contribution in [0.3, 0.4) is 0 Å². The molecule has 0 aliphatic rings. The van der Waals surface area contributed by atoms with Crippen LogP contribution in [-0.2, 0) is 6.61 Å². The number of carbonyl (C=O) groups excluding carboxylic acids is 1. The van der Waals surface area contributed by atoms with Crippen LogP contribution in [0.5, 0.6) is 0 Å². The van der Waals surface area contributed by atoms with E-state index in [1.807, 2.05) is 0 Å². The fourth-order valence-electron chi connectivity index (χ4n) is 2.00. The van der Waals surface area contributed by atoms with Crippen molar-refractivity contribution in [3.63, 3.8) is 0 Å². The third kappa shape index (κ3) is 4.05. The van der Waals surface area contributed by atoms with Gasteiger partial charge in [0, 0.05) is 18.7 Å². The van der Waals surface area contributed by atoms with E-state index in [9.17, 15) is 4.79 Å². The van der Waals surface area contributed by atoms with Crippen LogP contribution in [0.2, 0.25) is 0 Å². The lowest BCUT2D eigenvalue weighted by molar-refractivity contribution is 0.0910. The normalized spacial score (nSPS) is 15.7. The Morgan fingerprint density at radius 1 is 1.55 bits per heavy atom. The molecule has 0 aliphatic heterocycles. The first kappa shape index (κ1) is 16.7. The summed E-state index contributed by atoms with van der Waals surface area (Å²) >= 11 is 0. The summed E-state index contributed by atoms with van der Waals surface area (Å²) in [5.41, 5.74) is 0.165.